The second-order valence-corrected chi connectivity index (χ2v) is 3.87. The molecule has 1 rings (SSSR count). The topological polar surface area (TPSA) is 59.4 Å². The molecule has 0 amide bonds. The summed E-state index contributed by atoms with van der Waals surface area (Å²) in [6.07, 6.45) is -10.1. The number of aromatic nitrogens is 1. The highest BCUT2D eigenvalue weighted by atomic mass is 79.9. The van der Waals surface area contributed by atoms with Gasteiger partial charge in [-0.1, -0.05) is 15.9 Å². The number of carboxylic acid groups (broad SMARTS) is 1. The molecule has 0 spiro atoms. The monoisotopic (exact) mass is 367 g/mol. The number of nitrogens with zero attached hydrogens (tertiary/aromatic N) is 1. The predicted molar refractivity (Wildman–Crippen MR) is 55.5 cm³/mol. The summed E-state index contributed by atoms with van der Waals surface area (Å²) in [5, 5.41) is 7.93. The number of aromatic carboxylic acids is 1. The molecule has 1 heterocycles. The number of alkyl halides is 7. The highest BCUT2D eigenvalue weighted by molar-refractivity contribution is 9.08. The van der Waals surface area contributed by atoms with Crippen molar-refractivity contribution >= 4 is 21.9 Å². The number of pyridine rings is 1. The van der Waals surface area contributed by atoms with E-state index in [1.165, 1.54) is 0 Å². The lowest BCUT2D eigenvalue weighted by Crippen LogP contribution is -2.22. The van der Waals surface area contributed by atoms with Crippen molar-refractivity contribution in [1.29, 1.82) is 0 Å². The number of hydrogen-bond donors (Lipinski definition) is 1. The van der Waals surface area contributed by atoms with Gasteiger partial charge in [0.25, 0.3) is 0 Å². The molecule has 0 fully saturated rings. The second-order valence-electron chi connectivity index (χ2n) is 3.31. The minimum absolute atomic E-state index is 0.281. The van der Waals surface area contributed by atoms with Crippen molar-refractivity contribution in [3.8, 4) is 5.75 Å². The van der Waals surface area contributed by atoms with E-state index in [1.54, 1.807) is 0 Å². The first-order valence-electron chi connectivity index (χ1n) is 4.61. The number of hydrogen-bond acceptors (Lipinski definition) is 3. The molecule has 0 aliphatic carbocycles. The predicted octanol–water partition coefficient (Wildman–Crippen LogP) is 3.59. The SMILES string of the molecule is O=C(O)c1ncc(OC(F)(F)F)c(CBr)c1C(F)(F)F. The maximum Gasteiger partial charge on any atom is 0.573 e. The van der Waals surface area contributed by atoms with Gasteiger partial charge in [-0.25, -0.2) is 9.78 Å². The summed E-state index contributed by atoms with van der Waals surface area (Å²) in [6, 6.07) is 0. The summed E-state index contributed by atoms with van der Waals surface area (Å²) in [7, 11) is 0. The Morgan fingerprint density at radius 3 is 2.20 bits per heavy atom. The molecule has 4 nitrogen and oxygen atoms in total. The molecule has 0 aromatic carbocycles. The number of carboxylic acids is 1. The van der Waals surface area contributed by atoms with E-state index >= 15 is 0 Å². The van der Waals surface area contributed by atoms with E-state index in [9.17, 15) is 31.1 Å². The third-order valence-electron chi connectivity index (χ3n) is 1.99. The Labute approximate surface area is 115 Å². The lowest BCUT2D eigenvalue weighted by molar-refractivity contribution is -0.275. The van der Waals surface area contributed by atoms with Gasteiger partial charge in [-0.3, -0.25) is 0 Å². The zero-order chi connectivity index (χ0) is 15.7. The quantitative estimate of drug-likeness (QED) is 0.655. The van der Waals surface area contributed by atoms with Crippen molar-refractivity contribution in [3.05, 3.63) is 23.0 Å². The summed E-state index contributed by atoms with van der Waals surface area (Å²) >= 11 is 2.57. The normalized spacial score (nSPS) is 12.3. The molecule has 20 heavy (non-hydrogen) atoms. The van der Waals surface area contributed by atoms with Crippen LogP contribution in [-0.2, 0) is 11.5 Å². The number of carbonyl (C=O) groups is 1. The standard InChI is InChI=1S/C9H4BrF6NO3/c10-1-3-4(20-9(14,15)16)2-17-6(7(18)19)5(3)8(11,12)13/h2H,1H2,(H,18,19). The van der Waals surface area contributed by atoms with E-state index < -0.39 is 46.4 Å². The Hall–Kier alpha value is -1.52. The Bertz CT molecular complexity index is 528. The third-order valence-corrected chi connectivity index (χ3v) is 2.55. The van der Waals surface area contributed by atoms with Crippen LogP contribution in [-0.4, -0.2) is 22.4 Å². The lowest BCUT2D eigenvalue weighted by atomic mass is 10.1. The van der Waals surface area contributed by atoms with Gasteiger partial charge in [-0.05, 0) is 0 Å². The number of rotatable bonds is 3. The zero-order valence-corrected chi connectivity index (χ0v) is 10.7. The Morgan fingerprint density at radius 2 is 1.85 bits per heavy atom. The van der Waals surface area contributed by atoms with E-state index in [2.05, 4.69) is 25.7 Å². The van der Waals surface area contributed by atoms with Crippen LogP contribution in [0.25, 0.3) is 0 Å². The Morgan fingerprint density at radius 1 is 1.30 bits per heavy atom. The molecule has 1 aromatic heterocycles. The van der Waals surface area contributed by atoms with Crippen LogP contribution in [0.1, 0.15) is 21.6 Å². The van der Waals surface area contributed by atoms with Crippen molar-refractivity contribution in [2.24, 2.45) is 0 Å². The van der Waals surface area contributed by atoms with Crippen LogP contribution < -0.4 is 4.74 Å². The molecule has 0 aliphatic rings. The molecule has 0 atom stereocenters. The fraction of sp³-hybridized carbons (Fsp3) is 0.333. The van der Waals surface area contributed by atoms with Crippen molar-refractivity contribution < 1.29 is 41.0 Å². The molecular formula is C9H4BrF6NO3. The van der Waals surface area contributed by atoms with Gasteiger partial charge in [0, 0.05) is 10.9 Å². The molecule has 0 aliphatic heterocycles. The van der Waals surface area contributed by atoms with Gasteiger partial charge in [0.1, 0.15) is 0 Å². The molecule has 0 unspecified atom stereocenters. The van der Waals surface area contributed by atoms with E-state index in [0.29, 0.717) is 0 Å². The van der Waals surface area contributed by atoms with Crippen LogP contribution in [0.5, 0.6) is 5.75 Å². The minimum Gasteiger partial charge on any atom is -0.476 e. The first kappa shape index (κ1) is 16.5. The summed E-state index contributed by atoms with van der Waals surface area (Å²) < 4.78 is 78.1. The van der Waals surface area contributed by atoms with Crippen molar-refractivity contribution in [1.82, 2.24) is 4.98 Å². The molecule has 0 saturated carbocycles. The van der Waals surface area contributed by atoms with Gasteiger partial charge in [0.05, 0.1) is 11.8 Å². The minimum atomic E-state index is -5.23. The van der Waals surface area contributed by atoms with E-state index in [0.717, 1.165) is 0 Å². The fourth-order valence-electron chi connectivity index (χ4n) is 1.34. The highest BCUT2D eigenvalue weighted by Crippen LogP contribution is 2.40. The molecule has 11 heteroatoms. The van der Waals surface area contributed by atoms with Crippen molar-refractivity contribution in [2.45, 2.75) is 17.9 Å². The van der Waals surface area contributed by atoms with Gasteiger partial charge in [-0.15, -0.1) is 13.2 Å². The molecule has 0 saturated heterocycles. The first-order chi connectivity index (χ1) is 8.97. The zero-order valence-electron chi connectivity index (χ0n) is 9.14. The summed E-state index contributed by atoms with van der Waals surface area (Å²) in [5.74, 6) is -3.23. The van der Waals surface area contributed by atoms with Crippen molar-refractivity contribution in [3.63, 3.8) is 0 Å². The Kier molecular flexibility index (Phi) is 4.52. The van der Waals surface area contributed by atoms with Crippen molar-refractivity contribution in [2.75, 3.05) is 0 Å². The maximum atomic E-state index is 12.8. The summed E-state index contributed by atoms with van der Waals surface area (Å²) in [4.78, 5) is 13.6. The molecular weight excluding hydrogens is 364 g/mol. The smallest absolute Gasteiger partial charge is 0.476 e. The second kappa shape index (κ2) is 5.46. The van der Waals surface area contributed by atoms with Crippen LogP contribution in [0.4, 0.5) is 26.3 Å². The van der Waals surface area contributed by atoms with E-state index in [4.69, 9.17) is 5.11 Å². The van der Waals surface area contributed by atoms with E-state index in [-0.39, 0.29) is 6.20 Å². The Balaban J connectivity index is 3.57. The van der Waals surface area contributed by atoms with Gasteiger partial charge in [-0.2, -0.15) is 13.2 Å². The lowest BCUT2D eigenvalue weighted by Gasteiger charge is -2.18. The average Bonchev–Trinajstić information content (AvgIpc) is 2.24. The molecule has 1 N–H and O–H groups in total. The fourth-order valence-corrected chi connectivity index (χ4v) is 1.90. The van der Waals surface area contributed by atoms with Crippen LogP contribution in [0.3, 0.4) is 0 Å². The first-order valence-corrected chi connectivity index (χ1v) is 5.73. The summed E-state index contributed by atoms with van der Waals surface area (Å²) in [6.45, 7) is 0. The number of halogens is 7. The van der Waals surface area contributed by atoms with Crippen LogP contribution >= 0.6 is 15.9 Å². The highest BCUT2D eigenvalue weighted by Gasteiger charge is 2.42. The largest absolute Gasteiger partial charge is 0.573 e. The molecule has 112 valence electrons. The van der Waals surface area contributed by atoms with Crippen LogP contribution in [0.2, 0.25) is 0 Å². The summed E-state index contributed by atoms with van der Waals surface area (Å²) in [5.41, 5.74) is -4.19. The molecule has 1 aromatic rings. The number of ether oxygens (including phenoxy) is 1. The van der Waals surface area contributed by atoms with Gasteiger partial charge >= 0.3 is 18.5 Å². The molecule has 0 radical (unpaired) electrons. The van der Waals surface area contributed by atoms with Gasteiger partial charge in [0.2, 0.25) is 0 Å². The van der Waals surface area contributed by atoms with E-state index in [1.807, 2.05) is 0 Å². The van der Waals surface area contributed by atoms with Crippen LogP contribution in [0, 0.1) is 0 Å². The van der Waals surface area contributed by atoms with Gasteiger partial charge in [0.15, 0.2) is 11.4 Å². The maximum absolute atomic E-state index is 12.8. The molecule has 0 bridgehead atoms. The average molecular weight is 368 g/mol. The van der Waals surface area contributed by atoms with Gasteiger partial charge < -0.3 is 9.84 Å². The third kappa shape index (κ3) is 3.74. The van der Waals surface area contributed by atoms with Crippen LogP contribution in [0.15, 0.2) is 6.20 Å².